The Bertz CT molecular complexity index is 1320. The molecule has 0 heterocycles. The molecule has 5 rings (SSSR count). The van der Waals surface area contributed by atoms with Gasteiger partial charge in [0.25, 0.3) is 0 Å². The first-order chi connectivity index (χ1) is 14.7. The van der Waals surface area contributed by atoms with Crippen LogP contribution in [0.15, 0.2) is 76.1 Å². The quantitative estimate of drug-likeness (QED) is 0.423. The zero-order valence-electron chi connectivity index (χ0n) is 16.7. The highest BCUT2D eigenvalue weighted by Gasteiger charge is 2.70. The predicted molar refractivity (Wildman–Crippen MR) is 121 cm³/mol. The Morgan fingerprint density at radius 2 is 1.68 bits per heavy atom. The van der Waals surface area contributed by atoms with Crippen LogP contribution in [0.3, 0.4) is 0 Å². The molecular weight excluding hydrogens is 478 g/mol. The number of halogens is 1. The molecule has 0 unspecified atom stereocenters. The number of hydrogen-bond acceptors (Lipinski definition) is 3. The average Bonchev–Trinajstić information content (AvgIpc) is 3.15. The van der Waals surface area contributed by atoms with Gasteiger partial charge in [0.1, 0.15) is 5.54 Å². The van der Waals surface area contributed by atoms with Gasteiger partial charge in [-0.25, -0.2) is 8.42 Å². The van der Waals surface area contributed by atoms with Gasteiger partial charge in [0.05, 0.1) is 4.90 Å². The van der Waals surface area contributed by atoms with Crippen LogP contribution in [0, 0.1) is 5.92 Å². The number of sulfonamides is 1. The zero-order valence-corrected chi connectivity index (χ0v) is 19.1. The van der Waals surface area contributed by atoms with E-state index in [1.54, 1.807) is 19.1 Å². The number of rotatable bonds is 5. The van der Waals surface area contributed by atoms with E-state index in [2.05, 4.69) is 20.7 Å². The third kappa shape index (κ3) is 3.14. The van der Waals surface area contributed by atoms with E-state index < -0.39 is 27.4 Å². The van der Waals surface area contributed by atoms with Crippen molar-refractivity contribution in [1.29, 1.82) is 0 Å². The fraction of sp³-hybridized carbons (Fsp3) is 0.208. The van der Waals surface area contributed by atoms with E-state index >= 15 is 0 Å². The first-order valence-corrected chi connectivity index (χ1v) is 12.3. The summed E-state index contributed by atoms with van der Waals surface area (Å²) in [4.78, 5) is 12.3. The molecule has 0 saturated heterocycles. The molecule has 0 amide bonds. The number of fused-ring (bicyclic) bond motifs is 3. The minimum absolute atomic E-state index is 0.0876. The number of nitrogens with one attached hydrogen (secondary N) is 1. The molecule has 1 saturated carbocycles. The van der Waals surface area contributed by atoms with E-state index in [1.165, 1.54) is 0 Å². The standard InChI is InChI=1S/C24H20BrNO4S/c1-14-22(15-5-3-2-4-6-15)24(14,23(27)28)26-31(29,30)19-8-10-21-17(13-19)11-16-12-18(25)7-9-20(16)21/h2-10,12-14,22,26H,11H2,1H3,(H,27,28)/t14-,22-,24+/m1/s1. The summed E-state index contributed by atoms with van der Waals surface area (Å²) in [5, 5.41) is 9.98. The van der Waals surface area contributed by atoms with Gasteiger partial charge >= 0.3 is 5.97 Å². The van der Waals surface area contributed by atoms with Gasteiger partial charge < -0.3 is 5.11 Å². The second-order valence-corrected chi connectivity index (χ2v) is 10.9. The maximum Gasteiger partial charge on any atom is 0.325 e. The fourth-order valence-corrected chi connectivity index (χ4v) is 6.82. The highest BCUT2D eigenvalue weighted by atomic mass is 79.9. The van der Waals surface area contributed by atoms with Crippen LogP contribution in [0.25, 0.3) is 11.1 Å². The van der Waals surface area contributed by atoms with E-state index in [1.807, 2.05) is 54.6 Å². The Labute approximate surface area is 189 Å². The summed E-state index contributed by atoms with van der Waals surface area (Å²) >= 11 is 3.48. The van der Waals surface area contributed by atoms with Gasteiger partial charge in [-0.05, 0) is 64.4 Å². The number of aliphatic carboxylic acids is 1. The van der Waals surface area contributed by atoms with E-state index in [4.69, 9.17) is 0 Å². The Hall–Kier alpha value is -2.48. The molecule has 1 fully saturated rings. The number of benzene rings is 3. The van der Waals surface area contributed by atoms with E-state index in [0.717, 1.165) is 32.3 Å². The van der Waals surface area contributed by atoms with Gasteiger partial charge in [-0.3, -0.25) is 4.79 Å². The molecule has 3 aromatic carbocycles. The summed E-state index contributed by atoms with van der Waals surface area (Å²) in [5.74, 6) is -1.94. The van der Waals surface area contributed by atoms with Gasteiger partial charge in [-0.15, -0.1) is 0 Å². The van der Waals surface area contributed by atoms with Crippen molar-refractivity contribution in [3.05, 3.63) is 87.9 Å². The molecule has 3 atom stereocenters. The van der Waals surface area contributed by atoms with Crippen LogP contribution in [0.4, 0.5) is 0 Å². The maximum atomic E-state index is 13.3. The van der Waals surface area contributed by atoms with Crippen LogP contribution in [0.5, 0.6) is 0 Å². The van der Waals surface area contributed by atoms with Crippen molar-refractivity contribution in [2.45, 2.75) is 29.7 Å². The van der Waals surface area contributed by atoms with Crippen LogP contribution in [0.2, 0.25) is 0 Å². The van der Waals surface area contributed by atoms with Crippen molar-refractivity contribution >= 4 is 31.9 Å². The summed E-state index contributed by atoms with van der Waals surface area (Å²) in [6.07, 6.45) is 0.639. The third-order valence-electron chi connectivity index (χ3n) is 6.54. The van der Waals surface area contributed by atoms with Crippen molar-refractivity contribution in [2.24, 2.45) is 5.92 Å². The van der Waals surface area contributed by atoms with Gasteiger partial charge in [0, 0.05) is 10.4 Å². The van der Waals surface area contributed by atoms with E-state index in [-0.39, 0.29) is 10.8 Å². The first kappa shape index (κ1) is 20.4. The summed E-state index contributed by atoms with van der Waals surface area (Å²) in [6, 6.07) is 20.2. The molecule has 0 aliphatic heterocycles. The number of hydrogen-bond donors (Lipinski definition) is 2. The fourth-order valence-electron chi connectivity index (χ4n) is 4.90. The minimum Gasteiger partial charge on any atom is -0.480 e. The first-order valence-electron chi connectivity index (χ1n) is 9.98. The zero-order chi connectivity index (χ0) is 22.0. The van der Waals surface area contributed by atoms with Crippen molar-refractivity contribution in [1.82, 2.24) is 4.72 Å². The lowest BCUT2D eigenvalue weighted by Crippen LogP contribution is -2.45. The summed E-state index contributed by atoms with van der Waals surface area (Å²) in [6.45, 7) is 1.77. The molecule has 31 heavy (non-hydrogen) atoms. The minimum atomic E-state index is -4.03. The SMILES string of the molecule is C[C@@H]1[C@H](c2ccccc2)[C@]1(NS(=O)(=O)c1ccc2c(c1)Cc1cc(Br)ccc1-2)C(=O)O. The monoisotopic (exact) mass is 497 g/mol. The second-order valence-electron chi connectivity index (χ2n) is 8.25. The molecule has 2 aliphatic rings. The molecule has 0 bridgehead atoms. The number of carboxylic acid groups (broad SMARTS) is 1. The van der Waals surface area contributed by atoms with Crippen LogP contribution in [-0.4, -0.2) is 25.0 Å². The predicted octanol–water partition coefficient (Wildman–Crippen LogP) is 4.56. The summed E-state index contributed by atoms with van der Waals surface area (Å²) in [7, 11) is -4.03. The van der Waals surface area contributed by atoms with Gasteiger partial charge in [0.2, 0.25) is 10.0 Å². The Morgan fingerprint density at radius 3 is 2.35 bits per heavy atom. The van der Waals surface area contributed by atoms with Crippen LogP contribution < -0.4 is 4.72 Å². The maximum absolute atomic E-state index is 13.3. The van der Waals surface area contributed by atoms with E-state index in [9.17, 15) is 18.3 Å². The molecule has 2 aliphatic carbocycles. The molecule has 0 spiro atoms. The van der Waals surface area contributed by atoms with Crippen molar-refractivity contribution < 1.29 is 18.3 Å². The second kappa shape index (κ2) is 7.02. The number of carboxylic acids is 1. The van der Waals surface area contributed by atoms with Crippen molar-refractivity contribution in [3.63, 3.8) is 0 Å². The molecule has 0 radical (unpaired) electrons. The topological polar surface area (TPSA) is 83.5 Å². The number of carbonyl (C=O) groups is 1. The third-order valence-corrected chi connectivity index (χ3v) is 8.52. The molecular formula is C24H20BrNO4S. The lowest BCUT2D eigenvalue weighted by atomic mass is 10.1. The normalized spacial score (nSPS) is 23.8. The van der Waals surface area contributed by atoms with Gasteiger partial charge in [-0.2, -0.15) is 4.72 Å². The molecule has 158 valence electrons. The average molecular weight is 498 g/mol. The molecule has 7 heteroatoms. The lowest BCUT2D eigenvalue weighted by Gasteiger charge is -2.16. The lowest BCUT2D eigenvalue weighted by molar-refractivity contribution is -0.140. The Morgan fingerprint density at radius 1 is 1.03 bits per heavy atom. The molecule has 3 aromatic rings. The van der Waals surface area contributed by atoms with Crippen molar-refractivity contribution in [2.75, 3.05) is 0 Å². The Balaban J connectivity index is 1.48. The van der Waals surface area contributed by atoms with Crippen LogP contribution in [0.1, 0.15) is 29.5 Å². The van der Waals surface area contributed by atoms with Gasteiger partial charge in [-0.1, -0.05) is 65.3 Å². The molecule has 2 N–H and O–H groups in total. The molecule has 5 nitrogen and oxygen atoms in total. The molecule has 0 aromatic heterocycles. The highest BCUT2D eigenvalue weighted by molar-refractivity contribution is 9.10. The van der Waals surface area contributed by atoms with Crippen molar-refractivity contribution in [3.8, 4) is 11.1 Å². The van der Waals surface area contributed by atoms with Gasteiger partial charge in [0.15, 0.2) is 0 Å². The van der Waals surface area contributed by atoms with E-state index in [0.29, 0.717) is 6.42 Å². The smallest absolute Gasteiger partial charge is 0.325 e. The summed E-state index contributed by atoms with van der Waals surface area (Å²) in [5.41, 5.74) is 3.42. The van der Waals surface area contributed by atoms with Crippen LogP contribution in [-0.2, 0) is 21.2 Å². The highest BCUT2D eigenvalue weighted by Crippen LogP contribution is 2.58. The van der Waals surface area contributed by atoms with Crippen LogP contribution >= 0.6 is 15.9 Å². The summed E-state index contributed by atoms with van der Waals surface area (Å²) < 4.78 is 30.0. The largest absolute Gasteiger partial charge is 0.480 e. The Kier molecular flexibility index (Phi) is 4.62.